The predicted octanol–water partition coefficient (Wildman–Crippen LogP) is 8.83. The normalized spacial score (nSPS) is 18.8. The molecule has 3 fully saturated rings. The second kappa shape index (κ2) is 21.4. The van der Waals surface area contributed by atoms with E-state index in [1.807, 2.05) is 31.1 Å². The van der Waals surface area contributed by atoms with Crippen molar-refractivity contribution in [3.63, 3.8) is 0 Å². The van der Waals surface area contributed by atoms with E-state index >= 15 is 0 Å². The summed E-state index contributed by atoms with van der Waals surface area (Å²) in [6, 6.07) is 19.3. The Balaban J connectivity index is 1.02. The molecule has 0 bridgehead atoms. The van der Waals surface area contributed by atoms with Crippen molar-refractivity contribution in [1.82, 2.24) is 34.6 Å². The van der Waals surface area contributed by atoms with Crippen LogP contribution < -0.4 is 20.4 Å². The van der Waals surface area contributed by atoms with Crippen LogP contribution in [0.3, 0.4) is 0 Å². The number of nitrogens with zero attached hydrogens (tertiary/aromatic N) is 7. The zero-order chi connectivity index (χ0) is 46.3. The summed E-state index contributed by atoms with van der Waals surface area (Å²) < 4.78 is 21.9. The van der Waals surface area contributed by atoms with Crippen molar-refractivity contribution < 1.29 is 23.8 Å². The van der Waals surface area contributed by atoms with Crippen LogP contribution in [0.25, 0.3) is 22.5 Å². The van der Waals surface area contributed by atoms with Gasteiger partial charge in [-0.25, -0.2) is 14.8 Å². The molecule has 0 aliphatic carbocycles. The summed E-state index contributed by atoms with van der Waals surface area (Å²) in [6.07, 6.45) is 7.25. The number of carbonyl (C=O) groups excluding carboxylic acids is 2. The molecule has 3 saturated heterocycles. The molecule has 3 unspecified atom stereocenters. The van der Waals surface area contributed by atoms with Crippen LogP contribution in [0.2, 0.25) is 51.4 Å². The van der Waals surface area contributed by atoms with Gasteiger partial charge in [0.05, 0.1) is 43.0 Å². The number of anilines is 2. The fourth-order valence-corrected chi connectivity index (χ4v) is 10.6. The van der Waals surface area contributed by atoms with Gasteiger partial charge in [-0.15, -0.1) is 0 Å². The summed E-state index contributed by atoms with van der Waals surface area (Å²) >= 11 is 0. The predicted molar refractivity (Wildman–Crippen MR) is 266 cm³/mol. The quantitative estimate of drug-likeness (QED) is 0.0695. The van der Waals surface area contributed by atoms with Crippen molar-refractivity contribution in [3.05, 3.63) is 72.6 Å². The molecule has 3 aliphatic heterocycles. The first kappa shape index (κ1) is 48.4. The highest BCUT2D eigenvalue weighted by Gasteiger charge is 2.39. The van der Waals surface area contributed by atoms with Crippen molar-refractivity contribution in [3.8, 4) is 22.5 Å². The number of ether oxygens (including phenoxy) is 3. The minimum Gasteiger partial charge on any atom is -0.453 e. The van der Waals surface area contributed by atoms with Crippen LogP contribution in [0.4, 0.5) is 16.2 Å². The number of carbonyl (C=O) groups is 2. The zero-order valence-corrected chi connectivity index (χ0v) is 42.6. The molecule has 2 amide bonds. The van der Waals surface area contributed by atoms with Crippen LogP contribution >= 0.6 is 0 Å². The summed E-state index contributed by atoms with van der Waals surface area (Å²) in [5, 5.41) is 6.41. The largest absolute Gasteiger partial charge is 0.453 e. The standard InChI is InChI=1S/C49H75N9O5Si2/c1-36(2)45(53-49(60)61-3)48(59)56-23-11-13-42(56)47-52-33-44(58(47)35-63-29-31-65(7,8)9)38-16-20-40(21-17-38)55-26-24-54(25-27-55)39-18-14-37(15-19-39)43-32-51-46(41-12-10-22-50-41)57(43)34-62-28-30-64(4,5)6/h14-21,32-33,36,41-42,45,50H,10-13,22-31,34-35H2,1-9H3,(H,53,60). The first-order valence-electron chi connectivity index (χ1n) is 24.0. The van der Waals surface area contributed by atoms with E-state index in [-0.39, 0.29) is 23.9 Å². The van der Waals surface area contributed by atoms with E-state index in [0.29, 0.717) is 26.6 Å². The Morgan fingerprint density at radius 1 is 0.723 bits per heavy atom. The summed E-state index contributed by atoms with van der Waals surface area (Å²) in [6.45, 7) is 25.8. The Kier molecular flexibility index (Phi) is 16.0. The van der Waals surface area contributed by atoms with Crippen LogP contribution in [0.5, 0.6) is 0 Å². The molecule has 2 N–H and O–H groups in total. The number of nitrogens with one attached hydrogen (secondary N) is 2. The minimum absolute atomic E-state index is 0.110. The molecule has 7 rings (SSSR count). The first-order valence-corrected chi connectivity index (χ1v) is 31.4. The van der Waals surface area contributed by atoms with E-state index in [2.05, 4.69) is 117 Å². The lowest BCUT2D eigenvalue weighted by Gasteiger charge is -2.37. The third kappa shape index (κ3) is 12.3. The molecule has 3 atom stereocenters. The summed E-state index contributed by atoms with van der Waals surface area (Å²) in [7, 11) is -1.16. The van der Waals surface area contributed by atoms with Gasteiger partial charge in [0.1, 0.15) is 31.2 Å². The molecule has 0 spiro atoms. The van der Waals surface area contributed by atoms with Gasteiger partial charge in [0.2, 0.25) is 5.91 Å². The third-order valence-corrected chi connectivity index (χ3v) is 16.5. The number of methoxy groups -OCH3 is 1. The number of likely N-dealkylation sites (tertiary alicyclic amines) is 1. The number of benzene rings is 2. The lowest BCUT2D eigenvalue weighted by Crippen LogP contribution is -2.51. The molecule has 2 aromatic heterocycles. The molecular weight excluding hydrogens is 851 g/mol. The maximum Gasteiger partial charge on any atom is 0.407 e. The van der Waals surface area contributed by atoms with Gasteiger partial charge in [-0.05, 0) is 85.6 Å². The summed E-state index contributed by atoms with van der Waals surface area (Å²) in [5.41, 5.74) is 6.71. The van der Waals surface area contributed by atoms with Gasteiger partial charge >= 0.3 is 6.09 Å². The van der Waals surface area contributed by atoms with Crippen molar-refractivity contribution in [2.75, 3.05) is 69.4 Å². The third-order valence-electron chi connectivity index (χ3n) is 13.1. The summed E-state index contributed by atoms with van der Waals surface area (Å²) in [4.78, 5) is 43.0. The monoisotopic (exact) mass is 926 g/mol. The molecule has 3 aliphatic rings. The van der Waals surface area contributed by atoms with Gasteiger partial charge in [-0.1, -0.05) is 77.4 Å². The van der Waals surface area contributed by atoms with E-state index in [1.54, 1.807) is 0 Å². The molecule has 354 valence electrons. The van der Waals surface area contributed by atoms with Gasteiger partial charge in [0.25, 0.3) is 0 Å². The lowest BCUT2D eigenvalue weighted by atomic mass is 10.0. The Labute approximate surface area is 389 Å². The number of imidazole rings is 2. The van der Waals surface area contributed by atoms with Crippen molar-refractivity contribution >= 4 is 39.5 Å². The smallest absolute Gasteiger partial charge is 0.407 e. The second-order valence-corrected chi connectivity index (χ2v) is 32.1. The Bertz CT molecular complexity index is 2170. The number of alkyl carbamates (subject to hydrolysis) is 1. The average molecular weight is 926 g/mol. The van der Waals surface area contributed by atoms with Crippen molar-refractivity contribution in [2.45, 2.75) is 122 Å². The number of hydrogen-bond donors (Lipinski definition) is 2. The highest BCUT2D eigenvalue weighted by atomic mass is 28.3. The first-order chi connectivity index (χ1) is 31.1. The number of aromatic nitrogens is 4. The molecule has 16 heteroatoms. The van der Waals surface area contributed by atoms with E-state index in [4.69, 9.17) is 24.2 Å². The average Bonchev–Trinajstić information content (AvgIpc) is 4.12. The second-order valence-electron chi connectivity index (χ2n) is 20.8. The summed E-state index contributed by atoms with van der Waals surface area (Å²) in [5.74, 6) is 1.66. The van der Waals surface area contributed by atoms with E-state index in [0.717, 1.165) is 105 Å². The minimum atomic E-state index is -1.30. The Morgan fingerprint density at radius 3 is 1.69 bits per heavy atom. The molecule has 65 heavy (non-hydrogen) atoms. The van der Waals surface area contributed by atoms with Crippen LogP contribution in [0.15, 0.2) is 60.9 Å². The van der Waals surface area contributed by atoms with Gasteiger partial charge in [-0.3, -0.25) is 4.79 Å². The molecule has 2 aromatic carbocycles. The van der Waals surface area contributed by atoms with Crippen LogP contribution in [0.1, 0.15) is 63.3 Å². The van der Waals surface area contributed by atoms with Gasteiger partial charge in [0, 0.05) is 73.5 Å². The van der Waals surface area contributed by atoms with Crippen LogP contribution in [-0.4, -0.2) is 118 Å². The van der Waals surface area contributed by atoms with Gasteiger partial charge < -0.3 is 48.7 Å². The van der Waals surface area contributed by atoms with Gasteiger partial charge in [0.15, 0.2) is 0 Å². The van der Waals surface area contributed by atoms with E-state index < -0.39 is 28.3 Å². The molecule has 0 radical (unpaired) electrons. The van der Waals surface area contributed by atoms with Crippen LogP contribution in [0, 0.1) is 5.92 Å². The van der Waals surface area contributed by atoms with Crippen molar-refractivity contribution in [1.29, 1.82) is 0 Å². The SMILES string of the molecule is COC(=O)NC(C(=O)N1CCCC1c1ncc(-c2ccc(N3CCN(c4ccc(-c5cnc(C6CCCN6)n5COCC[Si](C)(C)C)cc4)CC3)cc2)n1COCC[Si](C)(C)C)C(C)C. The van der Waals surface area contributed by atoms with Crippen molar-refractivity contribution in [2.24, 2.45) is 5.92 Å². The topological polar surface area (TPSA) is 131 Å². The fraction of sp³-hybridized carbons (Fsp3) is 0.592. The maximum atomic E-state index is 14.0. The van der Waals surface area contributed by atoms with E-state index in [9.17, 15) is 9.59 Å². The number of hydrogen-bond acceptors (Lipinski definition) is 10. The molecular formula is C49H75N9O5Si2. The zero-order valence-electron chi connectivity index (χ0n) is 40.6. The van der Waals surface area contributed by atoms with Gasteiger partial charge in [-0.2, -0.15) is 0 Å². The highest BCUT2D eigenvalue weighted by molar-refractivity contribution is 6.76. The fourth-order valence-electron chi connectivity index (χ4n) is 9.12. The number of piperazine rings is 1. The Morgan fingerprint density at radius 2 is 1.23 bits per heavy atom. The number of amides is 2. The highest BCUT2D eigenvalue weighted by Crippen LogP contribution is 2.36. The maximum absolute atomic E-state index is 14.0. The molecule has 5 heterocycles. The molecule has 14 nitrogen and oxygen atoms in total. The van der Waals surface area contributed by atoms with E-state index in [1.165, 1.54) is 24.9 Å². The van der Waals surface area contributed by atoms with Crippen LogP contribution in [-0.2, 0) is 32.5 Å². The number of rotatable bonds is 19. The Hall–Kier alpha value is -4.49. The molecule has 4 aromatic rings. The lowest BCUT2D eigenvalue weighted by molar-refractivity contribution is -0.135. The molecule has 0 saturated carbocycles.